The van der Waals surface area contributed by atoms with E-state index in [0.717, 1.165) is 42.3 Å². The first-order valence-electron chi connectivity index (χ1n) is 1.77. The number of nitrogens with zero attached hydrogens (tertiary/aromatic N) is 1. The predicted molar refractivity (Wildman–Crippen MR) is 19.8 cm³/mol. The Balaban J connectivity index is 3.05. The van der Waals surface area contributed by atoms with E-state index >= 15 is 0 Å². The molecule has 0 atom stereocenters. The molecule has 0 N–H and O–H groups in total. The summed E-state index contributed by atoms with van der Waals surface area (Å²) in [6.45, 7) is 0. The fraction of sp³-hybridized carbons (Fsp3) is 0. The molecule has 0 aliphatic heterocycles. The van der Waals surface area contributed by atoms with E-state index in [1.54, 1.807) is 0 Å². The summed E-state index contributed by atoms with van der Waals surface area (Å²) >= 11 is 0.794. The third-order valence-corrected chi connectivity index (χ3v) is 2.04. The van der Waals surface area contributed by atoms with Crippen molar-refractivity contribution < 1.29 is 42.3 Å². The molecule has 1 heterocycles. The van der Waals surface area contributed by atoms with Gasteiger partial charge < -0.3 is 0 Å². The van der Waals surface area contributed by atoms with Gasteiger partial charge in [-0.3, -0.25) is 0 Å². The molecule has 2 heteroatoms. The fourth-order valence-electron chi connectivity index (χ4n) is 0.348. The van der Waals surface area contributed by atoms with Gasteiger partial charge in [-0.2, -0.15) is 0 Å². The van der Waals surface area contributed by atoms with Gasteiger partial charge in [-0.1, -0.05) is 0 Å². The van der Waals surface area contributed by atoms with E-state index < -0.39 is 0 Å². The molecule has 0 amide bonds. The van der Waals surface area contributed by atoms with Crippen molar-refractivity contribution in [3.8, 4) is 0 Å². The Labute approximate surface area is 66.2 Å². The topological polar surface area (TPSA) is 4.93 Å². The van der Waals surface area contributed by atoms with Crippen molar-refractivity contribution in [1.82, 2.24) is 0.224 Å². The van der Waals surface area contributed by atoms with Crippen LogP contribution in [0.5, 0.6) is 0 Å². The third-order valence-electron chi connectivity index (χ3n) is 0.628. The van der Waals surface area contributed by atoms with Crippen molar-refractivity contribution in [2.75, 3.05) is 0 Å². The van der Waals surface area contributed by atoms with Crippen LogP contribution in [0.2, 0.25) is 0 Å². The Bertz CT molecular complexity index is 111. The molecule has 1 aromatic rings. The van der Waals surface area contributed by atoms with E-state index in [0.29, 0.717) is 0 Å². The van der Waals surface area contributed by atoms with Gasteiger partial charge in [0.2, 0.25) is 0 Å². The summed E-state index contributed by atoms with van der Waals surface area (Å²) in [5.41, 5.74) is 0. The van der Waals surface area contributed by atoms with Crippen LogP contribution in [-0.2, 0) is 0 Å². The van der Waals surface area contributed by atoms with Crippen LogP contribution in [0.15, 0.2) is 24.5 Å². The Morgan fingerprint density at radius 3 is 1.83 bits per heavy atom. The summed E-state index contributed by atoms with van der Waals surface area (Å²) in [6.07, 6.45) is 4.17. The molecule has 0 saturated carbocycles. The molecular formula is C4H4AcN. The first-order valence-corrected chi connectivity index (χ1v) is 3.90. The van der Waals surface area contributed by atoms with Crippen LogP contribution in [0.4, 0.5) is 0 Å². The maximum atomic E-state index is 2.19. The minimum atomic E-state index is 0.794. The zero-order chi connectivity index (χ0) is 4.41. The number of aromatic nitrogens is 1. The summed E-state index contributed by atoms with van der Waals surface area (Å²) in [5.74, 6) is 0. The second-order valence-corrected chi connectivity index (χ2v) is 3.58. The van der Waals surface area contributed by atoms with Gasteiger partial charge in [0.05, 0.1) is 0 Å². The molecule has 0 aromatic carbocycles. The fourth-order valence-corrected chi connectivity index (χ4v) is 1.16. The molecule has 0 aliphatic carbocycles. The number of rotatable bonds is 0. The number of hydrogen-bond donors (Lipinski definition) is 0. The van der Waals surface area contributed by atoms with Crippen molar-refractivity contribution in [1.29, 1.82) is 0 Å². The molecule has 0 saturated heterocycles. The van der Waals surface area contributed by atoms with Crippen LogP contribution in [0.3, 0.4) is 0 Å². The van der Waals surface area contributed by atoms with E-state index in [4.69, 9.17) is 0 Å². The van der Waals surface area contributed by atoms with E-state index in [2.05, 4.69) is 12.6 Å². The summed E-state index contributed by atoms with van der Waals surface area (Å²) in [6, 6.07) is 4.09. The molecule has 0 unspecified atom stereocenters. The van der Waals surface area contributed by atoms with Gasteiger partial charge >= 0.3 is 67.0 Å². The molecule has 0 aliphatic rings. The Morgan fingerprint density at radius 2 is 1.67 bits per heavy atom. The van der Waals surface area contributed by atoms with Crippen molar-refractivity contribution >= 4 is 0 Å². The molecule has 6 heavy (non-hydrogen) atoms. The van der Waals surface area contributed by atoms with Gasteiger partial charge in [-0.15, -0.1) is 0 Å². The van der Waals surface area contributed by atoms with Gasteiger partial charge in [-0.25, -0.2) is 0 Å². The van der Waals surface area contributed by atoms with Crippen LogP contribution in [-0.4, -0.2) is 0.224 Å². The SMILES string of the molecule is [Ac][n]1cccc1. The molecular weight excluding hydrogens is 289 g/mol. The monoisotopic (exact) mass is 293 g/mol. The first kappa shape index (κ1) is 4.87. The second-order valence-electron chi connectivity index (χ2n) is 1.13. The average Bonchev–Trinajstić information content (AvgIpc) is 1.86. The molecule has 0 spiro atoms. The van der Waals surface area contributed by atoms with E-state index in [1.165, 1.54) is 0 Å². The van der Waals surface area contributed by atoms with E-state index in [-0.39, 0.29) is 0 Å². The summed E-state index contributed by atoms with van der Waals surface area (Å²) in [4.78, 5) is 0. The molecule has 1 aromatic heterocycles. The zero-order valence-electron chi connectivity index (χ0n) is 3.33. The van der Waals surface area contributed by atoms with E-state index in [1.807, 2.05) is 12.1 Å². The average molecular weight is 293 g/mol. The molecule has 0 fully saturated rings. The minimum absolute atomic E-state index is 0.794. The molecule has 28 valence electrons. The van der Waals surface area contributed by atoms with Crippen LogP contribution in [0.25, 0.3) is 0 Å². The molecule has 0 bridgehead atoms. The van der Waals surface area contributed by atoms with Gasteiger partial charge in [0.25, 0.3) is 0 Å². The molecule has 1 rings (SSSR count). The van der Waals surface area contributed by atoms with Crippen LogP contribution in [0, 0.1) is 42.3 Å². The van der Waals surface area contributed by atoms with Crippen molar-refractivity contribution in [2.45, 2.75) is 0 Å². The van der Waals surface area contributed by atoms with Crippen molar-refractivity contribution in [3.63, 3.8) is 0 Å². The van der Waals surface area contributed by atoms with Gasteiger partial charge in [0, 0.05) is 0 Å². The van der Waals surface area contributed by atoms with Gasteiger partial charge in [-0.05, 0) is 0 Å². The Kier molecular flexibility index (Phi) is 1.74. The van der Waals surface area contributed by atoms with Crippen LogP contribution < -0.4 is 0 Å². The Morgan fingerprint density at radius 1 is 1.17 bits per heavy atom. The van der Waals surface area contributed by atoms with Gasteiger partial charge in [0.15, 0.2) is 0 Å². The van der Waals surface area contributed by atoms with Crippen molar-refractivity contribution in [2.24, 2.45) is 0 Å². The zero-order valence-corrected chi connectivity index (χ0v) is 8.08. The Hall–Kier alpha value is 0.722. The third kappa shape index (κ3) is 1.10. The summed E-state index contributed by atoms with van der Waals surface area (Å²) in [7, 11) is 0. The van der Waals surface area contributed by atoms with Gasteiger partial charge in [0.1, 0.15) is 0 Å². The quantitative estimate of drug-likeness (QED) is 0.667. The van der Waals surface area contributed by atoms with E-state index in [9.17, 15) is 0 Å². The first-order chi connectivity index (χ1) is 2.89. The summed E-state index contributed by atoms with van der Waals surface area (Å²) < 4.78 is 2.19. The van der Waals surface area contributed by atoms with Crippen molar-refractivity contribution in [3.05, 3.63) is 24.5 Å². The van der Waals surface area contributed by atoms with Crippen LogP contribution in [0.1, 0.15) is 0 Å². The summed E-state index contributed by atoms with van der Waals surface area (Å²) in [5, 5.41) is 0. The second kappa shape index (κ2) is 2.14. The predicted octanol–water partition coefficient (Wildman–Crippen LogP) is 0.800. The van der Waals surface area contributed by atoms with Crippen LogP contribution >= 0.6 is 0 Å². The molecule has 0 radical (unpaired) electrons. The molecule has 1 nitrogen and oxygen atoms in total. The maximum absolute atomic E-state index is 2.19. The number of hydrogen-bond acceptors (Lipinski definition) is 0. The standard InChI is InChI=1S/C4H4N.Ac/c1-2-4-5-3-1;/h1-4H;/q-1;+1. The normalized spacial score (nSPS) is 9.00.